The van der Waals surface area contributed by atoms with E-state index in [4.69, 9.17) is 5.11 Å². The van der Waals surface area contributed by atoms with Gasteiger partial charge in [-0.05, 0) is 13.1 Å². The Morgan fingerprint density at radius 3 is 2.50 bits per heavy atom. The van der Waals surface area contributed by atoms with Gasteiger partial charge in [0.1, 0.15) is 6.04 Å². The molecule has 0 aliphatic rings. The van der Waals surface area contributed by atoms with E-state index in [0.29, 0.717) is 6.42 Å². The lowest BCUT2D eigenvalue weighted by atomic mass is 10.2. The zero-order valence-corrected chi connectivity index (χ0v) is 4.79. The first kappa shape index (κ1) is 7.14. The van der Waals surface area contributed by atoms with Crippen molar-refractivity contribution in [2.45, 2.75) is 19.4 Å². The van der Waals surface area contributed by atoms with E-state index in [1.807, 2.05) is 0 Å². The van der Waals surface area contributed by atoms with Crippen LogP contribution in [0.25, 0.3) is 0 Å². The van der Waals surface area contributed by atoms with Crippen molar-refractivity contribution in [2.24, 2.45) is 4.99 Å². The molecule has 0 rings (SSSR count). The first-order valence-corrected chi connectivity index (χ1v) is 2.41. The van der Waals surface area contributed by atoms with Gasteiger partial charge in [-0.25, -0.2) is 4.79 Å². The van der Waals surface area contributed by atoms with Crippen LogP contribution in [0.15, 0.2) is 4.99 Å². The number of carboxylic acids is 1. The Hall–Kier alpha value is -0.860. The van der Waals surface area contributed by atoms with Crippen LogP contribution in [0.4, 0.5) is 0 Å². The third-order valence-electron chi connectivity index (χ3n) is 0.892. The Morgan fingerprint density at radius 1 is 2.00 bits per heavy atom. The Labute approximate surface area is 48.1 Å². The van der Waals surface area contributed by atoms with E-state index in [-0.39, 0.29) is 0 Å². The average molecular weight is 115 g/mol. The highest BCUT2D eigenvalue weighted by molar-refractivity contribution is 5.74. The normalized spacial score (nSPS) is 12.6. The molecule has 46 valence electrons. The molecule has 1 atom stereocenters. The van der Waals surface area contributed by atoms with Gasteiger partial charge < -0.3 is 5.11 Å². The second-order valence-corrected chi connectivity index (χ2v) is 1.44. The summed E-state index contributed by atoms with van der Waals surface area (Å²) >= 11 is 0. The summed E-state index contributed by atoms with van der Waals surface area (Å²) in [5.74, 6) is -0.900. The summed E-state index contributed by atoms with van der Waals surface area (Å²) in [6, 6.07) is -0.616. The molecule has 0 aromatic heterocycles. The number of carbonyl (C=O) groups is 1. The predicted molar refractivity (Wildman–Crippen MR) is 31.3 cm³/mol. The van der Waals surface area contributed by atoms with E-state index in [2.05, 4.69) is 11.7 Å². The van der Waals surface area contributed by atoms with Crippen LogP contribution in [0.2, 0.25) is 0 Å². The highest BCUT2D eigenvalue weighted by Gasteiger charge is 2.09. The van der Waals surface area contributed by atoms with Crippen molar-refractivity contribution in [3.63, 3.8) is 0 Å². The zero-order valence-electron chi connectivity index (χ0n) is 4.79. The summed E-state index contributed by atoms with van der Waals surface area (Å²) in [5, 5.41) is 8.24. The molecule has 0 aromatic carbocycles. The van der Waals surface area contributed by atoms with Crippen LogP contribution in [0.5, 0.6) is 0 Å². The van der Waals surface area contributed by atoms with Gasteiger partial charge in [0.25, 0.3) is 0 Å². The van der Waals surface area contributed by atoms with E-state index in [0.717, 1.165) is 0 Å². The second kappa shape index (κ2) is 3.18. The molecule has 1 unspecified atom stereocenters. The fourth-order valence-electron chi connectivity index (χ4n) is 0.382. The first-order valence-electron chi connectivity index (χ1n) is 2.41. The summed E-state index contributed by atoms with van der Waals surface area (Å²) in [7, 11) is 0. The quantitative estimate of drug-likeness (QED) is 0.546. The summed E-state index contributed by atoms with van der Waals surface area (Å²) in [4.78, 5) is 13.4. The Morgan fingerprint density at radius 2 is 2.50 bits per heavy atom. The second-order valence-electron chi connectivity index (χ2n) is 1.44. The Kier molecular flexibility index (Phi) is 2.84. The monoisotopic (exact) mass is 115 g/mol. The maximum Gasteiger partial charge on any atom is 0.328 e. The van der Waals surface area contributed by atoms with Crippen LogP contribution in [0, 0.1) is 0 Å². The molecule has 3 heteroatoms. The molecule has 0 saturated heterocycles. The van der Waals surface area contributed by atoms with Crippen molar-refractivity contribution in [2.75, 3.05) is 0 Å². The lowest BCUT2D eigenvalue weighted by molar-refractivity contribution is -0.138. The molecule has 0 aromatic rings. The molecular weight excluding hydrogens is 106 g/mol. The van der Waals surface area contributed by atoms with Crippen molar-refractivity contribution < 1.29 is 9.90 Å². The predicted octanol–water partition coefficient (Wildman–Crippen LogP) is 0.550. The SMILES string of the molecule is C=NC(CC)C(=O)O. The molecular formula is C5H9NO2. The van der Waals surface area contributed by atoms with Crippen molar-refractivity contribution in [3.05, 3.63) is 0 Å². The number of hydrogen-bond donors (Lipinski definition) is 1. The molecule has 3 nitrogen and oxygen atoms in total. The van der Waals surface area contributed by atoms with E-state index in [1.54, 1.807) is 6.92 Å². The summed E-state index contributed by atoms with van der Waals surface area (Å²) in [6.07, 6.45) is 0.513. The molecule has 0 spiro atoms. The number of nitrogens with zero attached hydrogens (tertiary/aromatic N) is 1. The average Bonchev–Trinajstić information content (AvgIpc) is 1.69. The number of aliphatic imine (C=N–C) groups is 1. The number of hydrogen-bond acceptors (Lipinski definition) is 2. The van der Waals surface area contributed by atoms with Crippen LogP contribution in [0.1, 0.15) is 13.3 Å². The molecule has 0 amide bonds. The van der Waals surface area contributed by atoms with Crippen LogP contribution in [0.3, 0.4) is 0 Å². The van der Waals surface area contributed by atoms with Gasteiger partial charge >= 0.3 is 5.97 Å². The molecule has 0 bridgehead atoms. The fraction of sp³-hybridized carbons (Fsp3) is 0.600. The molecule has 0 aliphatic carbocycles. The van der Waals surface area contributed by atoms with Gasteiger partial charge in [0, 0.05) is 0 Å². The lowest BCUT2D eigenvalue weighted by Gasteiger charge is -1.98. The molecule has 0 saturated carbocycles. The van der Waals surface area contributed by atoms with Gasteiger partial charge in [0.2, 0.25) is 0 Å². The maximum atomic E-state index is 10.0. The summed E-state index contributed by atoms with van der Waals surface area (Å²) in [6.45, 7) is 4.88. The van der Waals surface area contributed by atoms with E-state index in [9.17, 15) is 4.79 Å². The van der Waals surface area contributed by atoms with Gasteiger partial charge in [0.05, 0.1) is 0 Å². The Bertz CT molecular complexity index is 101. The van der Waals surface area contributed by atoms with E-state index in [1.165, 1.54) is 0 Å². The number of rotatable bonds is 3. The number of aliphatic carboxylic acids is 1. The number of carboxylic acid groups (broad SMARTS) is 1. The molecule has 0 radical (unpaired) electrons. The molecule has 0 heterocycles. The largest absolute Gasteiger partial charge is 0.480 e. The van der Waals surface area contributed by atoms with Crippen molar-refractivity contribution in [3.8, 4) is 0 Å². The zero-order chi connectivity index (χ0) is 6.57. The fourth-order valence-corrected chi connectivity index (χ4v) is 0.382. The highest BCUT2D eigenvalue weighted by Crippen LogP contribution is 1.93. The minimum absolute atomic E-state index is 0.513. The van der Waals surface area contributed by atoms with Crippen LogP contribution in [-0.4, -0.2) is 23.8 Å². The van der Waals surface area contributed by atoms with Gasteiger partial charge in [-0.2, -0.15) is 0 Å². The molecule has 0 fully saturated rings. The van der Waals surface area contributed by atoms with Crippen molar-refractivity contribution >= 4 is 12.7 Å². The molecule has 0 aliphatic heterocycles. The summed E-state index contributed by atoms with van der Waals surface area (Å²) in [5.41, 5.74) is 0. The van der Waals surface area contributed by atoms with Gasteiger partial charge in [-0.1, -0.05) is 6.92 Å². The van der Waals surface area contributed by atoms with Gasteiger partial charge in [-0.15, -0.1) is 0 Å². The third-order valence-corrected chi connectivity index (χ3v) is 0.892. The van der Waals surface area contributed by atoms with E-state index >= 15 is 0 Å². The van der Waals surface area contributed by atoms with Crippen LogP contribution in [-0.2, 0) is 4.79 Å². The summed E-state index contributed by atoms with van der Waals surface area (Å²) < 4.78 is 0. The molecule has 8 heavy (non-hydrogen) atoms. The van der Waals surface area contributed by atoms with Crippen LogP contribution < -0.4 is 0 Å². The minimum Gasteiger partial charge on any atom is -0.480 e. The molecule has 1 N–H and O–H groups in total. The van der Waals surface area contributed by atoms with Gasteiger partial charge in [-0.3, -0.25) is 4.99 Å². The highest BCUT2D eigenvalue weighted by atomic mass is 16.4. The van der Waals surface area contributed by atoms with E-state index < -0.39 is 12.0 Å². The topological polar surface area (TPSA) is 49.7 Å². The van der Waals surface area contributed by atoms with Crippen LogP contribution >= 0.6 is 0 Å². The third kappa shape index (κ3) is 1.73. The minimum atomic E-state index is -0.900. The first-order chi connectivity index (χ1) is 3.72. The van der Waals surface area contributed by atoms with Gasteiger partial charge in [0.15, 0.2) is 0 Å². The van der Waals surface area contributed by atoms with Crippen molar-refractivity contribution in [1.82, 2.24) is 0 Å². The lowest BCUT2D eigenvalue weighted by Crippen LogP contribution is -2.15. The smallest absolute Gasteiger partial charge is 0.328 e. The maximum absolute atomic E-state index is 10.0. The Balaban J connectivity index is 3.69. The standard InChI is InChI=1S/C5H9NO2/c1-3-4(6-2)5(7)8/h4H,2-3H2,1H3,(H,7,8). The van der Waals surface area contributed by atoms with Crippen molar-refractivity contribution in [1.29, 1.82) is 0 Å².